The molecule has 0 aliphatic carbocycles. The van der Waals surface area contributed by atoms with Crippen molar-refractivity contribution >= 4 is 18.0 Å². The zero-order valence-corrected chi connectivity index (χ0v) is 10.6. The number of hydrogen-bond acceptors (Lipinski definition) is 4. The maximum absolute atomic E-state index is 10.7. The van der Waals surface area contributed by atoms with E-state index in [2.05, 4.69) is 4.74 Å². The number of methoxy groups -OCH3 is 1. The molecular weight excluding hydrogens is 248 g/mol. The fourth-order valence-electron chi connectivity index (χ4n) is 1.29. The molecule has 1 aromatic rings. The number of rotatable bonds is 5. The Kier molecular flexibility index (Phi) is 5.35. The van der Waals surface area contributed by atoms with Crippen molar-refractivity contribution in [3.8, 4) is 5.75 Å². The lowest BCUT2D eigenvalue weighted by molar-refractivity contribution is -0.136. The Balaban J connectivity index is 2.72. The van der Waals surface area contributed by atoms with Crippen LogP contribution in [-0.4, -0.2) is 24.2 Å². The van der Waals surface area contributed by atoms with Crippen LogP contribution in [0, 0.1) is 0 Å². The second-order valence-electron chi connectivity index (χ2n) is 3.56. The van der Waals surface area contributed by atoms with Crippen LogP contribution in [0.3, 0.4) is 0 Å². The van der Waals surface area contributed by atoms with Gasteiger partial charge in [0.15, 0.2) is 0 Å². The lowest BCUT2D eigenvalue weighted by atomic mass is 10.2. The van der Waals surface area contributed by atoms with E-state index >= 15 is 0 Å². The van der Waals surface area contributed by atoms with Gasteiger partial charge in [0.1, 0.15) is 5.75 Å². The van der Waals surface area contributed by atoms with Crippen LogP contribution >= 0.6 is 0 Å². The number of esters is 1. The van der Waals surface area contributed by atoms with Gasteiger partial charge in [0.2, 0.25) is 5.76 Å². The number of carboxylic acids is 1. The summed E-state index contributed by atoms with van der Waals surface area (Å²) in [6, 6.07) is 6.80. The molecule has 0 aliphatic heterocycles. The molecule has 0 fully saturated rings. The number of aliphatic carboxylic acids is 1. The van der Waals surface area contributed by atoms with Gasteiger partial charge in [-0.1, -0.05) is 24.3 Å². The van der Waals surface area contributed by atoms with E-state index in [1.165, 1.54) is 20.1 Å². The first-order valence-corrected chi connectivity index (χ1v) is 5.47. The normalized spacial score (nSPS) is 11.4. The number of hydrogen-bond donors (Lipinski definition) is 1. The standard InChI is InChI=1S/C14H14O5/c1-10(15)19-12-8-6-11(7-9-12)4-3-5-13(18-2)14(16)17/h3-9H,1-2H3,(H,16,17)/b4-3+,13-5-. The van der Waals surface area contributed by atoms with Crippen molar-refractivity contribution in [3.05, 3.63) is 47.7 Å². The molecule has 0 aromatic heterocycles. The summed E-state index contributed by atoms with van der Waals surface area (Å²) in [5.41, 5.74) is 0.841. The molecule has 0 unspecified atom stereocenters. The highest BCUT2D eigenvalue weighted by Gasteiger charge is 2.03. The first kappa shape index (κ1) is 14.5. The molecule has 19 heavy (non-hydrogen) atoms. The first-order valence-electron chi connectivity index (χ1n) is 5.47. The van der Waals surface area contributed by atoms with Gasteiger partial charge in [-0.2, -0.15) is 0 Å². The topological polar surface area (TPSA) is 72.8 Å². The molecule has 0 amide bonds. The van der Waals surface area contributed by atoms with E-state index in [4.69, 9.17) is 9.84 Å². The lowest BCUT2D eigenvalue weighted by Gasteiger charge is -2.00. The molecule has 100 valence electrons. The Hall–Kier alpha value is -2.56. The highest BCUT2D eigenvalue weighted by Crippen LogP contribution is 2.13. The monoisotopic (exact) mass is 262 g/mol. The quantitative estimate of drug-likeness (QED) is 0.289. The number of benzene rings is 1. The number of carbonyl (C=O) groups excluding carboxylic acids is 1. The van der Waals surface area contributed by atoms with Gasteiger partial charge in [-0.25, -0.2) is 4.79 Å². The zero-order chi connectivity index (χ0) is 14.3. The Morgan fingerprint density at radius 3 is 2.32 bits per heavy atom. The summed E-state index contributed by atoms with van der Waals surface area (Å²) in [5.74, 6) is -1.19. The largest absolute Gasteiger partial charge is 0.490 e. The summed E-state index contributed by atoms with van der Waals surface area (Å²) in [4.78, 5) is 21.4. The van der Waals surface area contributed by atoms with Gasteiger partial charge in [0, 0.05) is 6.92 Å². The van der Waals surface area contributed by atoms with Crippen LogP contribution in [-0.2, 0) is 14.3 Å². The third kappa shape index (κ3) is 5.08. The van der Waals surface area contributed by atoms with Gasteiger partial charge in [-0.15, -0.1) is 0 Å². The van der Waals surface area contributed by atoms with Gasteiger partial charge in [-0.05, 0) is 23.8 Å². The third-order valence-electron chi connectivity index (χ3n) is 2.11. The number of carboxylic acid groups (broad SMARTS) is 1. The summed E-state index contributed by atoms with van der Waals surface area (Å²) in [6.07, 6.45) is 4.62. The minimum absolute atomic E-state index is 0.146. The van der Waals surface area contributed by atoms with E-state index in [1.54, 1.807) is 36.4 Å². The molecule has 0 heterocycles. The number of ether oxygens (including phenoxy) is 2. The highest BCUT2D eigenvalue weighted by molar-refractivity contribution is 5.84. The van der Waals surface area contributed by atoms with Crippen molar-refractivity contribution in [2.24, 2.45) is 0 Å². The smallest absolute Gasteiger partial charge is 0.371 e. The molecule has 1 aromatic carbocycles. The Labute approximate surface area is 110 Å². The fraction of sp³-hybridized carbons (Fsp3) is 0.143. The molecule has 1 rings (SSSR count). The van der Waals surface area contributed by atoms with Crippen molar-refractivity contribution in [1.29, 1.82) is 0 Å². The molecule has 0 spiro atoms. The minimum Gasteiger partial charge on any atom is -0.490 e. The van der Waals surface area contributed by atoms with Crippen LogP contribution in [0.4, 0.5) is 0 Å². The fourth-order valence-corrected chi connectivity index (χ4v) is 1.29. The van der Waals surface area contributed by atoms with Crippen molar-refractivity contribution in [3.63, 3.8) is 0 Å². The molecule has 0 saturated heterocycles. The maximum atomic E-state index is 10.7. The van der Waals surface area contributed by atoms with E-state index in [0.717, 1.165) is 5.56 Å². The van der Waals surface area contributed by atoms with Gasteiger partial charge >= 0.3 is 11.9 Å². The van der Waals surface area contributed by atoms with E-state index in [1.807, 2.05) is 0 Å². The lowest BCUT2D eigenvalue weighted by Crippen LogP contribution is -2.01. The summed E-state index contributed by atoms with van der Waals surface area (Å²) in [6.45, 7) is 1.33. The van der Waals surface area contributed by atoms with Gasteiger partial charge in [0.25, 0.3) is 0 Å². The van der Waals surface area contributed by atoms with Crippen LogP contribution in [0.2, 0.25) is 0 Å². The second-order valence-corrected chi connectivity index (χ2v) is 3.56. The van der Waals surface area contributed by atoms with E-state index in [-0.39, 0.29) is 11.7 Å². The van der Waals surface area contributed by atoms with Gasteiger partial charge < -0.3 is 14.6 Å². The van der Waals surface area contributed by atoms with E-state index in [9.17, 15) is 9.59 Å². The van der Waals surface area contributed by atoms with Gasteiger partial charge in [0.05, 0.1) is 7.11 Å². The molecule has 5 heteroatoms. The van der Waals surface area contributed by atoms with Crippen LogP contribution in [0.5, 0.6) is 5.75 Å². The first-order chi connectivity index (χ1) is 9.02. The van der Waals surface area contributed by atoms with Gasteiger partial charge in [-0.3, -0.25) is 4.79 Å². The maximum Gasteiger partial charge on any atom is 0.371 e. The SMILES string of the molecule is CO/C(=C\C=C\c1ccc(OC(C)=O)cc1)C(=O)O. The molecule has 0 saturated carbocycles. The molecule has 0 atom stereocenters. The Morgan fingerprint density at radius 2 is 1.84 bits per heavy atom. The molecular formula is C14H14O5. The number of allylic oxidation sites excluding steroid dienone is 2. The molecule has 0 bridgehead atoms. The molecule has 1 N–H and O–H groups in total. The third-order valence-corrected chi connectivity index (χ3v) is 2.11. The van der Waals surface area contributed by atoms with E-state index in [0.29, 0.717) is 5.75 Å². The van der Waals surface area contributed by atoms with Crippen LogP contribution < -0.4 is 4.74 Å². The van der Waals surface area contributed by atoms with E-state index < -0.39 is 5.97 Å². The summed E-state index contributed by atoms with van der Waals surface area (Å²) >= 11 is 0. The second kappa shape index (κ2) is 7.00. The van der Waals surface area contributed by atoms with Crippen LogP contribution in [0.1, 0.15) is 12.5 Å². The van der Waals surface area contributed by atoms with Crippen LogP contribution in [0.25, 0.3) is 6.08 Å². The minimum atomic E-state index is -1.13. The Morgan fingerprint density at radius 1 is 1.21 bits per heavy atom. The summed E-state index contributed by atoms with van der Waals surface area (Å²) in [7, 11) is 1.29. The average Bonchev–Trinajstić information content (AvgIpc) is 2.35. The average molecular weight is 262 g/mol. The van der Waals surface area contributed by atoms with Crippen molar-refractivity contribution in [2.75, 3.05) is 7.11 Å². The van der Waals surface area contributed by atoms with Crippen LogP contribution in [0.15, 0.2) is 42.2 Å². The van der Waals surface area contributed by atoms with Crippen molar-refractivity contribution in [2.45, 2.75) is 6.92 Å². The summed E-state index contributed by atoms with van der Waals surface area (Å²) in [5, 5.41) is 8.72. The predicted octanol–water partition coefficient (Wildman–Crippen LogP) is 2.24. The predicted molar refractivity (Wildman–Crippen MR) is 69.5 cm³/mol. The molecule has 5 nitrogen and oxygen atoms in total. The molecule has 0 aliphatic rings. The van der Waals surface area contributed by atoms with Crippen molar-refractivity contribution < 1.29 is 24.2 Å². The number of carbonyl (C=O) groups is 2. The Bertz CT molecular complexity index is 511. The van der Waals surface area contributed by atoms with Crippen molar-refractivity contribution in [1.82, 2.24) is 0 Å². The molecule has 0 radical (unpaired) electrons. The highest BCUT2D eigenvalue weighted by atomic mass is 16.5. The summed E-state index contributed by atoms with van der Waals surface area (Å²) < 4.78 is 9.55. The zero-order valence-electron chi connectivity index (χ0n) is 10.6.